The molecule has 6 heteroatoms. The van der Waals surface area contributed by atoms with Crippen molar-refractivity contribution < 1.29 is 4.74 Å². The van der Waals surface area contributed by atoms with Gasteiger partial charge in [-0.2, -0.15) is 0 Å². The number of ether oxygens (including phenoxy) is 1. The van der Waals surface area contributed by atoms with Crippen LogP contribution in [-0.2, 0) is 12.2 Å². The summed E-state index contributed by atoms with van der Waals surface area (Å²) in [5.74, 6) is 2.39. The average molecular weight is 385 g/mol. The largest absolute Gasteiger partial charge is 0.497 e. The third-order valence-corrected chi connectivity index (χ3v) is 5.61. The van der Waals surface area contributed by atoms with Crippen molar-refractivity contribution in [2.75, 3.05) is 12.9 Å². The molecule has 4 nitrogen and oxygen atoms in total. The van der Waals surface area contributed by atoms with Crippen molar-refractivity contribution in [1.29, 1.82) is 0 Å². The van der Waals surface area contributed by atoms with Crippen LogP contribution in [0.3, 0.4) is 0 Å². The van der Waals surface area contributed by atoms with Crippen LogP contribution < -0.4 is 10.3 Å². The molecule has 3 rings (SSSR count). The minimum absolute atomic E-state index is 0.101. The van der Waals surface area contributed by atoms with E-state index in [-0.39, 0.29) is 5.56 Å². The van der Waals surface area contributed by atoms with E-state index in [1.807, 2.05) is 30.3 Å². The normalized spacial score (nSPS) is 10.7. The summed E-state index contributed by atoms with van der Waals surface area (Å²) in [6.07, 6.45) is 0.904. The number of nitrogens with zero attached hydrogens (tertiary/aromatic N) is 1. The lowest BCUT2D eigenvalue weighted by molar-refractivity contribution is 0.414. The number of nitrogens with one attached hydrogen (secondary N) is 1. The second kappa shape index (κ2) is 9.50. The highest BCUT2D eigenvalue weighted by Crippen LogP contribution is 2.22. The summed E-state index contributed by atoms with van der Waals surface area (Å²) in [6, 6.07) is 19.7. The highest BCUT2D eigenvalue weighted by Gasteiger charge is 2.04. The van der Waals surface area contributed by atoms with Crippen molar-refractivity contribution >= 4 is 23.5 Å². The van der Waals surface area contributed by atoms with Gasteiger partial charge in [0.1, 0.15) is 5.75 Å². The maximum absolute atomic E-state index is 11.9. The Balaban J connectivity index is 1.55. The van der Waals surface area contributed by atoms with E-state index in [2.05, 4.69) is 34.2 Å². The van der Waals surface area contributed by atoms with Crippen molar-refractivity contribution in [2.24, 2.45) is 0 Å². The van der Waals surface area contributed by atoms with Crippen LogP contribution in [-0.4, -0.2) is 22.8 Å². The van der Waals surface area contributed by atoms with Gasteiger partial charge in [0.25, 0.3) is 5.56 Å². The maximum atomic E-state index is 11.9. The van der Waals surface area contributed by atoms with Gasteiger partial charge in [-0.05, 0) is 36.2 Å². The lowest BCUT2D eigenvalue weighted by Crippen LogP contribution is -2.09. The number of thioether (sulfide) groups is 2. The van der Waals surface area contributed by atoms with Gasteiger partial charge in [-0.25, -0.2) is 4.98 Å². The molecule has 26 heavy (non-hydrogen) atoms. The Morgan fingerprint density at radius 3 is 2.54 bits per heavy atom. The number of benzene rings is 2. The van der Waals surface area contributed by atoms with Gasteiger partial charge in [-0.15, -0.1) is 11.8 Å². The Morgan fingerprint density at radius 1 is 1.04 bits per heavy atom. The van der Waals surface area contributed by atoms with Crippen molar-refractivity contribution in [3.63, 3.8) is 0 Å². The smallest absolute Gasteiger partial charge is 0.251 e. The quantitative estimate of drug-likeness (QED) is 0.461. The fourth-order valence-electron chi connectivity index (χ4n) is 2.36. The van der Waals surface area contributed by atoms with Gasteiger partial charge in [-0.1, -0.05) is 42.1 Å². The van der Waals surface area contributed by atoms with Gasteiger partial charge in [0.05, 0.1) is 12.8 Å². The van der Waals surface area contributed by atoms with Crippen molar-refractivity contribution in [1.82, 2.24) is 9.97 Å². The van der Waals surface area contributed by atoms with Crippen LogP contribution in [0.2, 0.25) is 0 Å². The van der Waals surface area contributed by atoms with Gasteiger partial charge < -0.3 is 9.72 Å². The van der Waals surface area contributed by atoms with E-state index in [0.717, 1.165) is 23.6 Å². The summed E-state index contributed by atoms with van der Waals surface area (Å²) < 4.78 is 5.17. The lowest BCUT2D eigenvalue weighted by atomic mass is 10.2. The molecule has 1 N–H and O–H groups in total. The van der Waals surface area contributed by atoms with Crippen LogP contribution in [0.15, 0.2) is 75.5 Å². The number of hydrogen-bond donors (Lipinski definition) is 1. The Morgan fingerprint density at radius 2 is 1.81 bits per heavy atom. The number of aromatic nitrogens is 2. The molecule has 0 amide bonds. The third kappa shape index (κ3) is 5.68. The molecule has 134 valence electrons. The standard InChI is InChI=1S/C20H20N2O2S2/c1-24-17-9-7-15(8-10-17)11-12-25-20-21-16(13-19(23)22-20)14-26-18-5-3-2-4-6-18/h2-10,13H,11-12,14H2,1H3,(H,21,22,23). The molecule has 1 heterocycles. The molecular weight excluding hydrogens is 364 g/mol. The molecule has 0 saturated heterocycles. The van der Waals surface area contributed by atoms with Crippen LogP contribution in [0.1, 0.15) is 11.3 Å². The van der Waals surface area contributed by atoms with Crippen molar-refractivity contribution in [2.45, 2.75) is 22.2 Å². The monoisotopic (exact) mass is 384 g/mol. The average Bonchev–Trinajstić information content (AvgIpc) is 2.67. The zero-order valence-electron chi connectivity index (χ0n) is 14.5. The molecular formula is C20H20N2O2S2. The predicted molar refractivity (Wildman–Crippen MR) is 108 cm³/mol. The van der Waals surface area contributed by atoms with E-state index in [0.29, 0.717) is 10.9 Å². The first-order chi connectivity index (χ1) is 12.7. The molecule has 0 spiro atoms. The summed E-state index contributed by atoms with van der Waals surface area (Å²) in [5, 5.41) is 0.676. The molecule has 0 aliphatic heterocycles. The first-order valence-electron chi connectivity index (χ1n) is 8.27. The minimum Gasteiger partial charge on any atom is -0.497 e. The van der Waals surface area contributed by atoms with Gasteiger partial charge in [0.15, 0.2) is 5.16 Å². The van der Waals surface area contributed by atoms with E-state index < -0.39 is 0 Å². The van der Waals surface area contributed by atoms with E-state index in [1.54, 1.807) is 36.7 Å². The van der Waals surface area contributed by atoms with Gasteiger partial charge in [-0.3, -0.25) is 4.79 Å². The molecule has 0 aliphatic rings. The predicted octanol–water partition coefficient (Wildman–Crippen LogP) is 4.41. The Kier molecular flexibility index (Phi) is 6.80. The summed E-state index contributed by atoms with van der Waals surface area (Å²) in [5.41, 5.74) is 1.93. The molecule has 0 unspecified atom stereocenters. The third-order valence-electron chi connectivity index (χ3n) is 3.69. The maximum Gasteiger partial charge on any atom is 0.251 e. The SMILES string of the molecule is COc1ccc(CCSc2nc(CSc3ccccc3)cc(=O)[nH]2)cc1. The second-order valence-electron chi connectivity index (χ2n) is 5.59. The summed E-state index contributed by atoms with van der Waals surface area (Å²) >= 11 is 3.25. The molecule has 0 aliphatic carbocycles. The van der Waals surface area contributed by atoms with E-state index >= 15 is 0 Å². The number of hydrogen-bond acceptors (Lipinski definition) is 5. The fraction of sp³-hybridized carbons (Fsp3) is 0.200. The minimum atomic E-state index is -0.101. The highest BCUT2D eigenvalue weighted by molar-refractivity contribution is 7.99. The summed E-state index contributed by atoms with van der Waals surface area (Å²) in [7, 11) is 1.66. The van der Waals surface area contributed by atoms with Crippen LogP contribution in [0, 0.1) is 0 Å². The van der Waals surface area contributed by atoms with Crippen molar-refractivity contribution in [3.05, 3.63) is 82.3 Å². The topological polar surface area (TPSA) is 55.0 Å². The fourth-order valence-corrected chi connectivity index (χ4v) is 4.06. The zero-order chi connectivity index (χ0) is 18.2. The van der Waals surface area contributed by atoms with E-state index in [4.69, 9.17) is 4.74 Å². The molecule has 0 radical (unpaired) electrons. The molecule has 0 atom stereocenters. The number of rotatable bonds is 8. The first-order valence-corrected chi connectivity index (χ1v) is 10.2. The zero-order valence-corrected chi connectivity index (χ0v) is 16.1. The number of H-pyrrole nitrogens is 1. The van der Waals surface area contributed by atoms with Gasteiger partial charge in [0, 0.05) is 22.5 Å². The molecule has 0 saturated carbocycles. The van der Waals surface area contributed by atoms with Crippen LogP contribution in [0.4, 0.5) is 0 Å². The van der Waals surface area contributed by atoms with E-state index in [9.17, 15) is 4.79 Å². The Hall–Kier alpha value is -2.18. The number of methoxy groups -OCH3 is 1. The molecule has 1 aromatic heterocycles. The van der Waals surface area contributed by atoms with Gasteiger partial charge in [0.2, 0.25) is 0 Å². The summed E-state index contributed by atoms with van der Waals surface area (Å²) in [4.78, 5) is 20.5. The van der Waals surface area contributed by atoms with Crippen LogP contribution in [0.5, 0.6) is 5.75 Å². The highest BCUT2D eigenvalue weighted by atomic mass is 32.2. The molecule has 3 aromatic rings. The number of aryl methyl sites for hydroxylation is 1. The first kappa shape index (κ1) is 18.6. The van der Waals surface area contributed by atoms with Crippen LogP contribution in [0.25, 0.3) is 0 Å². The summed E-state index contributed by atoms with van der Waals surface area (Å²) in [6.45, 7) is 0. The molecule has 0 bridgehead atoms. The van der Waals surface area contributed by atoms with Gasteiger partial charge >= 0.3 is 0 Å². The van der Waals surface area contributed by atoms with Crippen LogP contribution >= 0.6 is 23.5 Å². The molecule has 0 fully saturated rings. The lowest BCUT2D eigenvalue weighted by Gasteiger charge is -2.05. The second-order valence-corrected chi connectivity index (χ2v) is 7.72. The Bertz CT molecular complexity index is 880. The Labute approximate surface area is 161 Å². The van der Waals surface area contributed by atoms with Crippen molar-refractivity contribution in [3.8, 4) is 5.75 Å². The van der Waals surface area contributed by atoms with E-state index in [1.165, 1.54) is 10.5 Å². The number of aromatic amines is 1. The molecule has 2 aromatic carbocycles.